The Bertz CT molecular complexity index is 760. The molecule has 0 radical (unpaired) electrons. The average molecular weight is 378 g/mol. The molecule has 0 aliphatic rings. The maximum atomic E-state index is 12.0. The number of hydrogen-bond donors (Lipinski definition) is 2. The van der Waals surface area contributed by atoms with Crippen LogP contribution in [0.1, 0.15) is 37.7 Å². The predicted octanol–water partition coefficient (Wildman–Crippen LogP) is 2.44. The van der Waals surface area contributed by atoms with E-state index in [2.05, 4.69) is 35.4 Å². The number of nitrogens with one attached hydrogen (secondary N) is 1. The van der Waals surface area contributed by atoms with Crippen molar-refractivity contribution in [1.82, 2.24) is 20.2 Å². The lowest BCUT2D eigenvalue weighted by atomic mass is 10.1. The second-order valence-electron chi connectivity index (χ2n) is 6.72. The normalized spacial score (nSPS) is 12.2. The summed E-state index contributed by atoms with van der Waals surface area (Å²) in [5.74, 6) is 7.89. The topological polar surface area (TPSA) is 95.1 Å². The van der Waals surface area contributed by atoms with Crippen LogP contribution in [0.5, 0.6) is 5.75 Å². The number of carbonyl (C=O) groups excluding carboxylic acids is 1. The molecular formula is C18H27N5O2S. The number of amides is 1. The van der Waals surface area contributed by atoms with E-state index >= 15 is 0 Å². The summed E-state index contributed by atoms with van der Waals surface area (Å²) in [6, 6.07) is 6.10. The van der Waals surface area contributed by atoms with Crippen LogP contribution in [0.25, 0.3) is 0 Å². The van der Waals surface area contributed by atoms with Gasteiger partial charge in [0.05, 0.1) is 5.75 Å². The third kappa shape index (κ3) is 5.39. The first kappa shape index (κ1) is 20.1. The van der Waals surface area contributed by atoms with Gasteiger partial charge in [-0.1, -0.05) is 43.3 Å². The Hall–Kier alpha value is -2.22. The van der Waals surface area contributed by atoms with Crippen molar-refractivity contribution < 1.29 is 9.53 Å². The molecule has 7 nitrogen and oxygen atoms in total. The van der Waals surface area contributed by atoms with Gasteiger partial charge < -0.3 is 15.9 Å². The van der Waals surface area contributed by atoms with Crippen LogP contribution in [-0.2, 0) is 11.4 Å². The van der Waals surface area contributed by atoms with Gasteiger partial charge in [0.25, 0.3) is 0 Å². The van der Waals surface area contributed by atoms with Crippen LogP contribution in [0.3, 0.4) is 0 Å². The number of aryl methyl sites for hydroxylation is 2. The molecule has 1 aromatic carbocycles. The lowest BCUT2D eigenvalue weighted by molar-refractivity contribution is -0.119. The van der Waals surface area contributed by atoms with E-state index in [0.29, 0.717) is 16.9 Å². The third-order valence-corrected chi connectivity index (χ3v) is 5.09. The minimum absolute atomic E-state index is 0.0488. The minimum Gasteiger partial charge on any atom is -0.485 e. The Kier molecular flexibility index (Phi) is 6.90. The summed E-state index contributed by atoms with van der Waals surface area (Å²) in [5, 5.41) is 11.5. The van der Waals surface area contributed by atoms with E-state index in [1.165, 1.54) is 22.0 Å². The molecule has 1 amide bonds. The van der Waals surface area contributed by atoms with Crippen molar-refractivity contribution >= 4 is 17.7 Å². The fraction of sp³-hybridized carbons (Fsp3) is 0.500. The molecule has 0 unspecified atom stereocenters. The molecule has 2 aromatic rings. The van der Waals surface area contributed by atoms with Crippen molar-refractivity contribution in [2.24, 2.45) is 5.92 Å². The zero-order valence-electron chi connectivity index (χ0n) is 15.9. The van der Waals surface area contributed by atoms with Crippen molar-refractivity contribution in [3.63, 3.8) is 0 Å². The number of nitrogens with two attached hydrogens (primary N) is 1. The number of carbonyl (C=O) groups is 1. The smallest absolute Gasteiger partial charge is 0.230 e. The molecule has 142 valence electrons. The van der Waals surface area contributed by atoms with Gasteiger partial charge in [-0.2, -0.15) is 0 Å². The van der Waals surface area contributed by atoms with Crippen LogP contribution >= 0.6 is 11.8 Å². The van der Waals surface area contributed by atoms with E-state index in [0.717, 1.165) is 11.3 Å². The molecule has 26 heavy (non-hydrogen) atoms. The Morgan fingerprint density at radius 1 is 1.31 bits per heavy atom. The highest BCUT2D eigenvalue weighted by molar-refractivity contribution is 7.99. The molecular weight excluding hydrogens is 350 g/mol. The van der Waals surface area contributed by atoms with Gasteiger partial charge in [-0.3, -0.25) is 4.79 Å². The highest BCUT2D eigenvalue weighted by Gasteiger charge is 2.15. The largest absolute Gasteiger partial charge is 0.485 e. The second kappa shape index (κ2) is 8.93. The zero-order valence-corrected chi connectivity index (χ0v) is 16.8. The molecule has 0 saturated carbocycles. The molecule has 1 atom stereocenters. The Balaban J connectivity index is 1.90. The molecule has 0 bridgehead atoms. The Morgan fingerprint density at radius 2 is 2.04 bits per heavy atom. The van der Waals surface area contributed by atoms with Crippen LogP contribution in [0.2, 0.25) is 0 Å². The summed E-state index contributed by atoms with van der Waals surface area (Å²) < 4.78 is 7.15. The zero-order chi connectivity index (χ0) is 19.3. The summed E-state index contributed by atoms with van der Waals surface area (Å²) in [4.78, 5) is 12.0. The molecule has 0 aliphatic heterocycles. The predicted molar refractivity (Wildman–Crippen MR) is 104 cm³/mol. The van der Waals surface area contributed by atoms with Crippen molar-refractivity contribution in [1.29, 1.82) is 0 Å². The molecule has 0 fully saturated rings. The third-order valence-electron chi connectivity index (χ3n) is 4.14. The first-order valence-electron chi connectivity index (χ1n) is 8.59. The highest BCUT2D eigenvalue weighted by Crippen LogP contribution is 2.20. The summed E-state index contributed by atoms with van der Waals surface area (Å²) in [6.07, 6.45) is 0. The number of nitrogens with zero attached hydrogens (tertiary/aromatic N) is 3. The number of ether oxygens (including phenoxy) is 1. The number of aromatic nitrogens is 3. The molecule has 0 aliphatic carbocycles. The van der Waals surface area contributed by atoms with Crippen LogP contribution in [-0.4, -0.2) is 32.6 Å². The van der Waals surface area contributed by atoms with Crippen LogP contribution in [0, 0.1) is 19.8 Å². The van der Waals surface area contributed by atoms with Gasteiger partial charge in [0, 0.05) is 6.04 Å². The van der Waals surface area contributed by atoms with Crippen molar-refractivity contribution in [3.05, 3.63) is 35.2 Å². The quantitative estimate of drug-likeness (QED) is 0.542. The fourth-order valence-corrected chi connectivity index (χ4v) is 2.89. The fourth-order valence-electron chi connectivity index (χ4n) is 2.20. The van der Waals surface area contributed by atoms with Gasteiger partial charge in [-0.15, -0.1) is 10.2 Å². The van der Waals surface area contributed by atoms with Gasteiger partial charge >= 0.3 is 0 Å². The molecule has 0 saturated heterocycles. The van der Waals surface area contributed by atoms with Crippen molar-refractivity contribution in [3.8, 4) is 5.75 Å². The lowest BCUT2D eigenvalue weighted by Gasteiger charge is -2.17. The Morgan fingerprint density at radius 3 is 2.69 bits per heavy atom. The van der Waals surface area contributed by atoms with Gasteiger partial charge in [0.1, 0.15) is 12.4 Å². The average Bonchev–Trinajstić information content (AvgIpc) is 2.92. The van der Waals surface area contributed by atoms with Crippen LogP contribution in [0.15, 0.2) is 23.4 Å². The van der Waals surface area contributed by atoms with Gasteiger partial charge in [-0.05, 0) is 38.3 Å². The SMILES string of the molecule is Cc1ccc(OCc2nnc(SCC(=O)N[C@@H](C)C(C)C)n2N)c(C)c1. The maximum absolute atomic E-state index is 12.0. The first-order valence-corrected chi connectivity index (χ1v) is 9.58. The van der Waals surface area contributed by atoms with Gasteiger partial charge in [0.2, 0.25) is 11.1 Å². The minimum atomic E-state index is -0.0488. The van der Waals surface area contributed by atoms with E-state index in [1.54, 1.807) is 0 Å². The number of benzene rings is 1. The highest BCUT2D eigenvalue weighted by atomic mass is 32.2. The Labute approximate surface area is 158 Å². The molecule has 1 aromatic heterocycles. The van der Waals surface area contributed by atoms with Gasteiger partial charge in [-0.25, -0.2) is 4.68 Å². The first-order chi connectivity index (χ1) is 12.3. The number of nitrogen functional groups attached to an aromatic ring is 1. The number of hydrogen-bond acceptors (Lipinski definition) is 6. The van der Waals surface area contributed by atoms with E-state index in [4.69, 9.17) is 10.6 Å². The molecule has 2 rings (SSSR count). The summed E-state index contributed by atoms with van der Waals surface area (Å²) in [6.45, 7) is 10.4. The standard InChI is InChI=1S/C18H27N5O2S/c1-11(2)14(5)20-17(24)10-26-18-22-21-16(23(18)19)9-25-15-7-6-12(3)8-13(15)4/h6-8,11,14H,9-10,19H2,1-5H3,(H,20,24)/t14-/m0/s1. The van der Waals surface area contributed by atoms with Crippen LogP contribution in [0.4, 0.5) is 0 Å². The summed E-state index contributed by atoms with van der Waals surface area (Å²) in [5.41, 5.74) is 2.24. The molecule has 3 N–H and O–H groups in total. The monoisotopic (exact) mass is 377 g/mol. The maximum Gasteiger partial charge on any atom is 0.230 e. The summed E-state index contributed by atoms with van der Waals surface area (Å²) >= 11 is 1.25. The lowest BCUT2D eigenvalue weighted by Crippen LogP contribution is -2.37. The molecule has 0 spiro atoms. The molecule has 8 heteroatoms. The molecule has 1 heterocycles. The number of rotatable bonds is 8. The van der Waals surface area contributed by atoms with E-state index in [-0.39, 0.29) is 24.3 Å². The van der Waals surface area contributed by atoms with E-state index in [9.17, 15) is 4.79 Å². The van der Waals surface area contributed by atoms with Crippen molar-refractivity contribution in [2.75, 3.05) is 11.6 Å². The summed E-state index contributed by atoms with van der Waals surface area (Å²) in [7, 11) is 0. The van der Waals surface area contributed by atoms with Crippen molar-refractivity contribution in [2.45, 2.75) is 52.4 Å². The van der Waals surface area contributed by atoms with E-state index < -0.39 is 0 Å². The van der Waals surface area contributed by atoms with Crippen LogP contribution < -0.4 is 15.9 Å². The van der Waals surface area contributed by atoms with E-state index in [1.807, 2.05) is 32.9 Å². The number of thioether (sulfide) groups is 1. The van der Waals surface area contributed by atoms with Gasteiger partial charge in [0.15, 0.2) is 5.82 Å². The second-order valence-corrected chi connectivity index (χ2v) is 7.66.